The molecule has 2 heterocycles. The fourth-order valence-corrected chi connectivity index (χ4v) is 4.37. The number of benzene rings is 2. The Morgan fingerprint density at radius 2 is 2.00 bits per heavy atom. The first-order valence-corrected chi connectivity index (χ1v) is 10.0. The lowest BCUT2D eigenvalue weighted by Crippen LogP contribution is -2.49. The molecule has 150 valence electrons. The highest BCUT2D eigenvalue weighted by molar-refractivity contribution is 6.30. The van der Waals surface area contributed by atoms with E-state index in [1.54, 1.807) is 29.2 Å². The number of rotatable bonds is 4. The number of aliphatic hydroxyl groups is 1. The molecule has 1 N–H and O–H groups in total. The number of likely N-dealkylation sites (tertiary alicyclic amines) is 1. The van der Waals surface area contributed by atoms with E-state index in [9.17, 15) is 14.7 Å². The number of para-hydroxylation sites is 1. The summed E-state index contributed by atoms with van der Waals surface area (Å²) in [5.74, 6) is -0.290. The van der Waals surface area contributed by atoms with Gasteiger partial charge in [-0.25, -0.2) is 0 Å². The molecule has 1 unspecified atom stereocenters. The molecule has 3 aromatic rings. The van der Waals surface area contributed by atoms with Crippen molar-refractivity contribution >= 4 is 28.5 Å². The number of hydrogen-bond acceptors (Lipinski definition) is 4. The summed E-state index contributed by atoms with van der Waals surface area (Å²) in [5, 5.41) is 11.3. The van der Waals surface area contributed by atoms with Crippen LogP contribution in [0.3, 0.4) is 0 Å². The van der Waals surface area contributed by atoms with Crippen LogP contribution in [0.25, 0.3) is 11.0 Å². The summed E-state index contributed by atoms with van der Waals surface area (Å²) in [5.41, 5.74) is 0.737. The van der Waals surface area contributed by atoms with Crippen LogP contribution in [0, 0.1) is 5.41 Å². The number of piperidine rings is 1. The Morgan fingerprint density at radius 3 is 2.79 bits per heavy atom. The van der Waals surface area contributed by atoms with Crippen LogP contribution >= 0.6 is 11.6 Å². The molecule has 1 aromatic heterocycles. The van der Waals surface area contributed by atoms with Crippen molar-refractivity contribution in [3.8, 4) is 0 Å². The molecule has 1 amide bonds. The first-order valence-electron chi connectivity index (χ1n) is 9.67. The Bertz CT molecular complexity index is 1110. The molecule has 1 aliphatic heterocycles. The standard InChI is InChI=1S/C23H22ClNO4/c24-17-6-3-5-16(11-17)13-23(15-26)9-4-10-25(14-23)22(28)21-12-19(27)18-7-1-2-8-20(18)29-21/h1-3,5-8,11-12,26H,4,9-10,13-15H2. The van der Waals surface area contributed by atoms with E-state index in [1.807, 2.05) is 24.3 Å². The topological polar surface area (TPSA) is 70.8 Å². The Morgan fingerprint density at radius 1 is 1.17 bits per heavy atom. The van der Waals surface area contributed by atoms with Crippen LogP contribution in [0.15, 0.2) is 63.8 Å². The van der Waals surface area contributed by atoms with Gasteiger partial charge >= 0.3 is 0 Å². The normalized spacial score (nSPS) is 19.4. The number of carbonyl (C=O) groups excluding carboxylic acids is 1. The SMILES string of the molecule is O=C(c1cc(=O)c2ccccc2o1)N1CCCC(CO)(Cc2cccc(Cl)c2)C1. The first kappa shape index (κ1) is 19.7. The summed E-state index contributed by atoms with van der Waals surface area (Å²) in [6, 6.07) is 15.7. The molecule has 0 bridgehead atoms. The molecule has 0 aliphatic carbocycles. The number of aliphatic hydroxyl groups excluding tert-OH is 1. The summed E-state index contributed by atoms with van der Waals surface area (Å²) in [4.78, 5) is 27.1. The van der Waals surface area contributed by atoms with Crippen LogP contribution in [0.2, 0.25) is 5.02 Å². The van der Waals surface area contributed by atoms with Crippen LogP contribution in [0.1, 0.15) is 29.0 Å². The Labute approximate surface area is 173 Å². The van der Waals surface area contributed by atoms with Crippen LogP contribution in [-0.4, -0.2) is 35.6 Å². The van der Waals surface area contributed by atoms with Gasteiger partial charge in [0.1, 0.15) is 5.58 Å². The molecule has 1 aliphatic rings. The van der Waals surface area contributed by atoms with E-state index in [4.69, 9.17) is 16.0 Å². The molecule has 29 heavy (non-hydrogen) atoms. The fraction of sp³-hybridized carbons (Fsp3) is 0.304. The van der Waals surface area contributed by atoms with Gasteiger partial charge in [-0.15, -0.1) is 0 Å². The van der Waals surface area contributed by atoms with Crippen LogP contribution in [0.5, 0.6) is 0 Å². The minimum atomic E-state index is -0.449. The maximum atomic E-state index is 13.1. The quantitative estimate of drug-likeness (QED) is 0.706. The summed E-state index contributed by atoms with van der Waals surface area (Å²) in [7, 11) is 0. The molecule has 0 radical (unpaired) electrons. The number of hydrogen-bond donors (Lipinski definition) is 1. The third-order valence-electron chi connectivity index (χ3n) is 5.60. The largest absolute Gasteiger partial charge is 0.451 e. The zero-order chi connectivity index (χ0) is 20.4. The average Bonchev–Trinajstić information content (AvgIpc) is 2.73. The predicted molar refractivity (Wildman–Crippen MR) is 112 cm³/mol. The lowest BCUT2D eigenvalue weighted by Gasteiger charge is -2.41. The second-order valence-electron chi connectivity index (χ2n) is 7.77. The zero-order valence-electron chi connectivity index (χ0n) is 15.9. The average molecular weight is 412 g/mol. The maximum absolute atomic E-state index is 13.1. The smallest absolute Gasteiger partial charge is 0.289 e. The lowest BCUT2D eigenvalue weighted by molar-refractivity contribution is 0.0253. The van der Waals surface area contributed by atoms with Crippen molar-refractivity contribution in [2.75, 3.05) is 19.7 Å². The van der Waals surface area contributed by atoms with Gasteiger partial charge in [-0.2, -0.15) is 0 Å². The second-order valence-corrected chi connectivity index (χ2v) is 8.20. The van der Waals surface area contributed by atoms with E-state index in [1.165, 1.54) is 6.07 Å². The molecule has 5 nitrogen and oxygen atoms in total. The van der Waals surface area contributed by atoms with Gasteiger partial charge in [0.05, 0.1) is 12.0 Å². The van der Waals surface area contributed by atoms with Crippen molar-refractivity contribution in [3.63, 3.8) is 0 Å². The van der Waals surface area contributed by atoms with E-state index >= 15 is 0 Å². The van der Waals surface area contributed by atoms with E-state index in [2.05, 4.69) is 0 Å². The monoisotopic (exact) mass is 411 g/mol. The highest BCUT2D eigenvalue weighted by Crippen LogP contribution is 2.34. The van der Waals surface area contributed by atoms with Crippen LogP contribution < -0.4 is 5.43 Å². The van der Waals surface area contributed by atoms with Gasteiger partial charge in [0.15, 0.2) is 11.2 Å². The van der Waals surface area contributed by atoms with Crippen molar-refractivity contribution in [2.45, 2.75) is 19.3 Å². The van der Waals surface area contributed by atoms with Gasteiger partial charge in [0, 0.05) is 29.6 Å². The Kier molecular flexibility index (Phi) is 5.43. The molecule has 2 aromatic carbocycles. The van der Waals surface area contributed by atoms with Crippen molar-refractivity contribution in [3.05, 3.63) is 81.2 Å². The van der Waals surface area contributed by atoms with Gasteiger partial charge in [-0.1, -0.05) is 35.9 Å². The Balaban J connectivity index is 1.60. The van der Waals surface area contributed by atoms with Gasteiger partial charge in [0.2, 0.25) is 0 Å². The summed E-state index contributed by atoms with van der Waals surface area (Å²) in [6.07, 6.45) is 2.20. The van der Waals surface area contributed by atoms with Crippen LogP contribution in [-0.2, 0) is 6.42 Å². The van der Waals surface area contributed by atoms with Gasteiger partial charge in [0.25, 0.3) is 5.91 Å². The number of nitrogens with zero attached hydrogens (tertiary/aromatic N) is 1. The van der Waals surface area contributed by atoms with Crippen molar-refractivity contribution in [2.24, 2.45) is 5.41 Å². The molecule has 1 saturated heterocycles. The first-order chi connectivity index (χ1) is 14.0. The molecule has 0 spiro atoms. The number of fused-ring (bicyclic) bond motifs is 1. The van der Waals surface area contributed by atoms with E-state index in [-0.39, 0.29) is 23.7 Å². The van der Waals surface area contributed by atoms with Gasteiger partial charge in [-0.05, 0) is 49.1 Å². The number of amides is 1. The van der Waals surface area contributed by atoms with Crippen molar-refractivity contribution < 1.29 is 14.3 Å². The minimum absolute atomic E-state index is 0.0326. The minimum Gasteiger partial charge on any atom is -0.451 e. The third kappa shape index (κ3) is 4.07. The molecule has 0 saturated carbocycles. The number of halogens is 1. The molecule has 4 rings (SSSR count). The molecular formula is C23H22ClNO4. The summed E-state index contributed by atoms with van der Waals surface area (Å²) < 4.78 is 5.72. The fourth-order valence-electron chi connectivity index (χ4n) is 4.16. The second kappa shape index (κ2) is 8.01. The molecule has 1 atom stereocenters. The number of carbonyl (C=O) groups is 1. The van der Waals surface area contributed by atoms with E-state index < -0.39 is 5.41 Å². The predicted octanol–water partition coefficient (Wildman–Crippen LogP) is 3.90. The van der Waals surface area contributed by atoms with E-state index in [0.29, 0.717) is 35.5 Å². The molecule has 1 fully saturated rings. The van der Waals surface area contributed by atoms with Crippen LogP contribution in [0.4, 0.5) is 0 Å². The summed E-state index contributed by atoms with van der Waals surface area (Å²) >= 11 is 6.10. The summed E-state index contributed by atoms with van der Waals surface area (Å²) in [6.45, 7) is 0.920. The van der Waals surface area contributed by atoms with Crippen molar-refractivity contribution in [1.29, 1.82) is 0 Å². The highest BCUT2D eigenvalue weighted by atomic mass is 35.5. The van der Waals surface area contributed by atoms with Gasteiger partial charge in [-0.3, -0.25) is 9.59 Å². The van der Waals surface area contributed by atoms with Gasteiger partial charge < -0.3 is 14.4 Å². The maximum Gasteiger partial charge on any atom is 0.289 e. The molecular weight excluding hydrogens is 390 g/mol. The lowest BCUT2D eigenvalue weighted by atomic mass is 9.75. The van der Waals surface area contributed by atoms with Crippen molar-refractivity contribution in [1.82, 2.24) is 4.90 Å². The third-order valence-corrected chi connectivity index (χ3v) is 5.83. The molecule has 6 heteroatoms. The Hall–Kier alpha value is -2.63. The van der Waals surface area contributed by atoms with E-state index in [0.717, 1.165) is 18.4 Å². The zero-order valence-corrected chi connectivity index (χ0v) is 16.7. The highest BCUT2D eigenvalue weighted by Gasteiger charge is 2.37.